The Kier molecular flexibility index (Phi) is 6.14. The van der Waals surface area contributed by atoms with Crippen molar-refractivity contribution in [1.29, 1.82) is 0 Å². The van der Waals surface area contributed by atoms with Crippen LogP contribution in [0.15, 0.2) is 53.4 Å². The van der Waals surface area contributed by atoms with Gasteiger partial charge in [0.05, 0.1) is 10.6 Å². The summed E-state index contributed by atoms with van der Waals surface area (Å²) in [7, 11) is -0.682. The normalized spacial score (nSPS) is 12.2. The molecule has 0 fully saturated rings. The molecule has 26 heavy (non-hydrogen) atoms. The van der Waals surface area contributed by atoms with Gasteiger partial charge >= 0.3 is 6.18 Å². The highest BCUT2D eigenvalue weighted by Crippen LogP contribution is 2.27. The predicted molar refractivity (Wildman–Crippen MR) is 92.6 cm³/mol. The van der Waals surface area contributed by atoms with Crippen LogP contribution >= 0.6 is 0 Å². The maximum absolute atomic E-state index is 12.3. The Morgan fingerprint density at radius 2 is 1.77 bits per heavy atom. The van der Waals surface area contributed by atoms with Gasteiger partial charge in [0.25, 0.3) is 0 Å². The molecule has 2 aromatic carbocycles. The lowest BCUT2D eigenvalue weighted by Crippen LogP contribution is -2.22. The number of nitrogens with zero attached hydrogens (tertiary/aromatic N) is 1. The average Bonchev–Trinajstić information content (AvgIpc) is 2.58. The van der Waals surface area contributed by atoms with Crippen molar-refractivity contribution >= 4 is 15.7 Å². The number of alkyl halides is 3. The largest absolute Gasteiger partial charge is 0.482 e. The molecule has 2 rings (SSSR count). The van der Waals surface area contributed by atoms with Gasteiger partial charge in [0, 0.05) is 20.6 Å². The summed E-state index contributed by atoms with van der Waals surface area (Å²) in [5, 5.41) is 2.97. The molecule has 0 atom stereocenters. The van der Waals surface area contributed by atoms with E-state index >= 15 is 0 Å². The maximum Gasteiger partial charge on any atom is 0.422 e. The average molecular weight is 388 g/mol. The molecular weight excluding hydrogens is 369 g/mol. The summed E-state index contributed by atoms with van der Waals surface area (Å²) in [6.45, 7) is -1.16. The standard InChI is InChI=1S/C17H19F3N2O3S/c1-22(2)26(23,24)14-7-5-6-13(10-14)11-21-15-8-3-4-9-16(15)25-12-17(18,19)20/h3-10,21H,11-12H2,1-2H3. The zero-order valence-electron chi connectivity index (χ0n) is 14.2. The molecule has 0 amide bonds. The Hall–Kier alpha value is -2.26. The highest BCUT2D eigenvalue weighted by molar-refractivity contribution is 7.89. The van der Waals surface area contributed by atoms with E-state index in [2.05, 4.69) is 5.32 Å². The molecule has 1 N–H and O–H groups in total. The molecule has 0 aromatic heterocycles. The van der Waals surface area contributed by atoms with E-state index in [1.807, 2.05) is 0 Å². The Labute approximate surface area is 150 Å². The number of hydrogen-bond acceptors (Lipinski definition) is 4. The van der Waals surface area contributed by atoms with Gasteiger partial charge in [-0.05, 0) is 29.8 Å². The molecule has 2 aromatic rings. The van der Waals surface area contributed by atoms with Gasteiger partial charge < -0.3 is 10.1 Å². The molecule has 0 aliphatic heterocycles. The second-order valence-electron chi connectivity index (χ2n) is 5.69. The fraction of sp³-hybridized carbons (Fsp3) is 0.294. The fourth-order valence-electron chi connectivity index (χ4n) is 2.12. The summed E-state index contributed by atoms with van der Waals surface area (Å²) < 4.78 is 67.3. The minimum absolute atomic E-state index is 0.0712. The highest BCUT2D eigenvalue weighted by atomic mass is 32.2. The molecule has 9 heteroatoms. The molecule has 0 heterocycles. The highest BCUT2D eigenvalue weighted by Gasteiger charge is 2.28. The molecule has 0 spiro atoms. The molecule has 142 valence electrons. The summed E-state index contributed by atoms with van der Waals surface area (Å²) in [6, 6.07) is 12.6. The van der Waals surface area contributed by atoms with Crippen LogP contribution in [0.1, 0.15) is 5.56 Å². The monoisotopic (exact) mass is 388 g/mol. The van der Waals surface area contributed by atoms with Crippen LogP contribution in [0.5, 0.6) is 5.75 Å². The zero-order chi connectivity index (χ0) is 19.4. The van der Waals surface area contributed by atoms with Crippen molar-refractivity contribution in [2.75, 3.05) is 26.0 Å². The van der Waals surface area contributed by atoms with Crippen LogP contribution in [0.25, 0.3) is 0 Å². The fourth-order valence-corrected chi connectivity index (χ4v) is 3.09. The number of halogens is 3. The maximum atomic E-state index is 12.3. The Bertz CT molecular complexity index is 852. The quantitative estimate of drug-likeness (QED) is 0.789. The Balaban J connectivity index is 2.13. The topological polar surface area (TPSA) is 58.6 Å². The lowest BCUT2D eigenvalue weighted by atomic mass is 10.2. The van der Waals surface area contributed by atoms with Crippen LogP contribution in [0.4, 0.5) is 18.9 Å². The Morgan fingerprint density at radius 1 is 1.08 bits per heavy atom. The Morgan fingerprint density at radius 3 is 2.42 bits per heavy atom. The van der Waals surface area contributed by atoms with E-state index < -0.39 is 22.8 Å². The number of hydrogen-bond donors (Lipinski definition) is 1. The van der Waals surface area contributed by atoms with E-state index in [4.69, 9.17) is 4.74 Å². The van der Waals surface area contributed by atoms with E-state index in [0.29, 0.717) is 11.3 Å². The zero-order valence-corrected chi connectivity index (χ0v) is 15.1. The van der Waals surface area contributed by atoms with Gasteiger partial charge in [-0.15, -0.1) is 0 Å². The number of sulfonamides is 1. The molecule has 0 aliphatic carbocycles. The predicted octanol–water partition coefficient (Wildman–Crippen LogP) is 3.49. The van der Waals surface area contributed by atoms with Crippen molar-refractivity contribution in [2.24, 2.45) is 0 Å². The summed E-state index contributed by atoms with van der Waals surface area (Å²) in [4.78, 5) is 0.142. The molecule has 0 bridgehead atoms. The van der Waals surface area contributed by atoms with E-state index in [9.17, 15) is 21.6 Å². The molecule has 0 radical (unpaired) electrons. The summed E-state index contributed by atoms with van der Waals surface area (Å²) in [6.07, 6.45) is -4.43. The van der Waals surface area contributed by atoms with E-state index in [1.165, 1.54) is 32.3 Å². The van der Waals surface area contributed by atoms with Crippen LogP contribution in [0, 0.1) is 0 Å². The second-order valence-corrected chi connectivity index (χ2v) is 7.84. The van der Waals surface area contributed by atoms with Crippen LogP contribution < -0.4 is 10.1 Å². The van der Waals surface area contributed by atoms with Gasteiger partial charge in [-0.2, -0.15) is 13.2 Å². The van der Waals surface area contributed by atoms with Crippen molar-refractivity contribution < 1.29 is 26.3 Å². The van der Waals surface area contributed by atoms with E-state index in [0.717, 1.165) is 4.31 Å². The second kappa shape index (κ2) is 7.96. The molecule has 0 unspecified atom stereocenters. The first-order valence-corrected chi connectivity index (χ1v) is 9.07. The minimum Gasteiger partial charge on any atom is -0.482 e. The molecular formula is C17H19F3N2O3S. The minimum atomic E-state index is -4.43. The third kappa shape index (κ3) is 5.37. The van der Waals surface area contributed by atoms with E-state index in [1.54, 1.807) is 30.3 Å². The number of nitrogens with one attached hydrogen (secondary N) is 1. The molecule has 0 saturated carbocycles. The van der Waals surface area contributed by atoms with Gasteiger partial charge in [0.15, 0.2) is 6.61 Å². The molecule has 0 aliphatic rings. The van der Waals surface area contributed by atoms with Crippen molar-refractivity contribution in [2.45, 2.75) is 17.6 Å². The SMILES string of the molecule is CN(C)S(=O)(=O)c1cccc(CNc2ccccc2OCC(F)(F)F)c1. The van der Waals surface area contributed by atoms with Crippen LogP contribution in [0.3, 0.4) is 0 Å². The van der Waals surface area contributed by atoms with Crippen molar-refractivity contribution in [3.63, 3.8) is 0 Å². The summed E-state index contributed by atoms with van der Waals surface area (Å²) in [5.41, 5.74) is 1.05. The summed E-state index contributed by atoms with van der Waals surface area (Å²) >= 11 is 0. The van der Waals surface area contributed by atoms with Gasteiger partial charge in [0.1, 0.15) is 5.75 Å². The number of benzene rings is 2. The summed E-state index contributed by atoms with van der Waals surface area (Å²) in [5.74, 6) is 0.0712. The van der Waals surface area contributed by atoms with Crippen molar-refractivity contribution in [3.05, 3.63) is 54.1 Å². The van der Waals surface area contributed by atoms with Crippen molar-refractivity contribution in [1.82, 2.24) is 4.31 Å². The number of anilines is 1. The van der Waals surface area contributed by atoms with E-state index in [-0.39, 0.29) is 17.2 Å². The first-order chi connectivity index (χ1) is 12.1. The lowest BCUT2D eigenvalue weighted by Gasteiger charge is -2.15. The van der Waals surface area contributed by atoms with Crippen molar-refractivity contribution in [3.8, 4) is 5.75 Å². The van der Waals surface area contributed by atoms with Gasteiger partial charge in [-0.3, -0.25) is 0 Å². The smallest absolute Gasteiger partial charge is 0.422 e. The number of para-hydroxylation sites is 2. The lowest BCUT2D eigenvalue weighted by molar-refractivity contribution is -0.153. The first-order valence-electron chi connectivity index (χ1n) is 7.63. The van der Waals surface area contributed by atoms with Gasteiger partial charge in [-0.1, -0.05) is 24.3 Å². The van der Waals surface area contributed by atoms with Crippen LogP contribution in [0.2, 0.25) is 0 Å². The first kappa shape index (κ1) is 20.1. The number of ether oxygens (including phenoxy) is 1. The third-order valence-corrected chi connectivity index (χ3v) is 5.25. The molecule has 0 saturated heterocycles. The number of rotatable bonds is 7. The van der Waals surface area contributed by atoms with Gasteiger partial charge in [-0.25, -0.2) is 12.7 Å². The van der Waals surface area contributed by atoms with Crippen LogP contribution in [-0.2, 0) is 16.6 Å². The molecule has 5 nitrogen and oxygen atoms in total. The van der Waals surface area contributed by atoms with Gasteiger partial charge in [0.2, 0.25) is 10.0 Å². The third-order valence-electron chi connectivity index (χ3n) is 3.44. The van der Waals surface area contributed by atoms with Crippen LogP contribution in [-0.4, -0.2) is 39.6 Å².